The highest BCUT2D eigenvalue weighted by Crippen LogP contribution is 2.26. The Morgan fingerprint density at radius 3 is 2.80 bits per heavy atom. The van der Waals surface area contributed by atoms with Gasteiger partial charge >= 0.3 is 0 Å². The lowest BCUT2D eigenvalue weighted by molar-refractivity contribution is 0.286. The number of nitrogens with one attached hydrogen (secondary N) is 1. The molecule has 0 aliphatic carbocycles. The molecule has 4 N–H and O–H groups in total. The zero-order chi connectivity index (χ0) is 11.3. The van der Waals surface area contributed by atoms with Crippen LogP contribution in [0.5, 0.6) is 0 Å². The maximum absolute atomic E-state index is 13.0. The Hall–Kier alpha value is -0.810. The van der Waals surface area contributed by atoms with E-state index in [9.17, 15) is 4.39 Å². The molecular weight excluding hydrogens is 263 g/mol. The molecule has 0 saturated carbocycles. The predicted molar refractivity (Wildman–Crippen MR) is 63.3 cm³/mol. The van der Waals surface area contributed by atoms with Crippen molar-refractivity contribution >= 4 is 27.3 Å². The third-order valence-corrected chi connectivity index (χ3v) is 2.60. The van der Waals surface area contributed by atoms with Crippen LogP contribution in [0.25, 0.3) is 0 Å². The molecule has 0 saturated heterocycles. The van der Waals surface area contributed by atoms with E-state index in [-0.39, 0.29) is 12.4 Å². The molecule has 0 fully saturated rings. The second-order valence-electron chi connectivity index (χ2n) is 3.21. The van der Waals surface area contributed by atoms with E-state index in [0.717, 1.165) is 12.8 Å². The molecule has 1 aromatic rings. The van der Waals surface area contributed by atoms with Crippen molar-refractivity contribution in [3.63, 3.8) is 0 Å². The molecule has 15 heavy (non-hydrogen) atoms. The van der Waals surface area contributed by atoms with Crippen molar-refractivity contribution in [2.24, 2.45) is 0 Å². The second kappa shape index (κ2) is 5.92. The largest absolute Gasteiger partial charge is 0.397 e. The van der Waals surface area contributed by atoms with Crippen LogP contribution >= 0.6 is 15.9 Å². The van der Waals surface area contributed by atoms with Crippen LogP contribution in [-0.2, 0) is 0 Å². The van der Waals surface area contributed by atoms with Crippen LogP contribution < -0.4 is 11.1 Å². The van der Waals surface area contributed by atoms with Gasteiger partial charge in [0.05, 0.1) is 15.8 Å². The molecule has 0 amide bonds. The Kier molecular flexibility index (Phi) is 4.84. The Morgan fingerprint density at radius 2 is 2.13 bits per heavy atom. The van der Waals surface area contributed by atoms with Gasteiger partial charge in [-0.25, -0.2) is 4.39 Å². The van der Waals surface area contributed by atoms with Gasteiger partial charge in [0.2, 0.25) is 0 Å². The number of benzene rings is 1. The van der Waals surface area contributed by atoms with Crippen LogP contribution in [0.3, 0.4) is 0 Å². The summed E-state index contributed by atoms with van der Waals surface area (Å²) in [5, 5.41) is 11.7. The minimum Gasteiger partial charge on any atom is -0.397 e. The normalized spacial score (nSPS) is 10.3. The van der Waals surface area contributed by atoms with E-state index in [2.05, 4.69) is 21.2 Å². The van der Waals surface area contributed by atoms with Gasteiger partial charge in [0.25, 0.3) is 0 Å². The van der Waals surface area contributed by atoms with Gasteiger partial charge in [-0.15, -0.1) is 0 Å². The maximum atomic E-state index is 13.0. The average molecular weight is 277 g/mol. The number of unbranched alkanes of at least 4 members (excludes halogenated alkanes) is 1. The fourth-order valence-electron chi connectivity index (χ4n) is 1.18. The molecule has 3 nitrogen and oxygen atoms in total. The highest BCUT2D eigenvalue weighted by atomic mass is 79.9. The quantitative estimate of drug-likeness (QED) is 0.572. The number of rotatable bonds is 5. The van der Waals surface area contributed by atoms with E-state index in [1.165, 1.54) is 6.07 Å². The molecule has 0 unspecified atom stereocenters. The smallest absolute Gasteiger partial charge is 0.139 e. The fourth-order valence-corrected chi connectivity index (χ4v) is 1.52. The van der Waals surface area contributed by atoms with Crippen LogP contribution in [0, 0.1) is 5.82 Å². The first kappa shape index (κ1) is 12.3. The van der Waals surface area contributed by atoms with Crippen LogP contribution in [0.15, 0.2) is 16.6 Å². The number of nitrogens with two attached hydrogens (primary N) is 1. The number of hydrogen-bond donors (Lipinski definition) is 3. The minimum atomic E-state index is -0.367. The summed E-state index contributed by atoms with van der Waals surface area (Å²) in [5.41, 5.74) is 6.73. The van der Waals surface area contributed by atoms with E-state index in [0.29, 0.717) is 22.4 Å². The van der Waals surface area contributed by atoms with Crippen LogP contribution in [0.1, 0.15) is 12.8 Å². The minimum absolute atomic E-state index is 0.185. The van der Waals surface area contributed by atoms with E-state index >= 15 is 0 Å². The summed E-state index contributed by atoms with van der Waals surface area (Å²) < 4.78 is 13.4. The molecule has 0 spiro atoms. The SMILES string of the molecule is Nc1cc(F)c(Br)cc1NCCCCO. The van der Waals surface area contributed by atoms with Crippen LogP contribution in [0.4, 0.5) is 15.8 Å². The lowest BCUT2D eigenvalue weighted by Crippen LogP contribution is -2.05. The Labute approximate surface area is 96.6 Å². The molecule has 0 aliphatic rings. The molecule has 0 aliphatic heterocycles. The zero-order valence-corrected chi connectivity index (χ0v) is 9.85. The van der Waals surface area contributed by atoms with E-state index in [1.54, 1.807) is 6.07 Å². The number of halogens is 2. The van der Waals surface area contributed by atoms with Gasteiger partial charge in [-0.05, 0) is 34.8 Å². The number of aliphatic hydroxyl groups is 1. The van der Waals surface area contributed by atoms with Crippen molar-refractivity contribution in [2.75, 3.05) is 24.2 Å². The highest BCUT2D eigenvalue weighted by Gasteiger charge is 2.04. The van der Waals surface area contributed by atoms with Crippen molar-refractivity contribution in [1.82, 2.24) is 0 Å². The average Bonchev–Trinajstić information content (AvgIpc) is 2.20. The van der Waals surface area contributed by atoms with Crippen molar-refractivity contribution in [1.29, 1.82) is 0 Å². The Morgan fingerprint density at radius 1 is 1.40 bits per heavy atom. The standard InChI is InChI=1S/C10H14BrFN2O/c11-7-5-10(9(13)6-8(7)12)14-3-1-2-4-15/h5-6,14-15H,1-4,13H2. The van der Waals surface area contributed by atoms with Gasteiger partial charge < -0.3 is 16.2 Å². The van der Waals surface area contributed by atoms with Gasteiger partial charge in [0.15, 0.2) is 0 Å². The number of nitrogen functional groups attached to an aromatic ring is 1. The molecule has 1 rings (SSSR count). The summed E-state index contributed by atoms with van der Waals surface area (Å²) in [6, 6.07) is 2.89. The first-order valence-electron chi connectivity index (χ1n) is 4.74. The third-order valence-electron chi connectivity index (χ3n) is 1.99. The fraction of sp³-hybridized carbons (Fsp3) is 0.400. The molecular formula is C10H14BrFN2O. The molecule has 0 radical (unpaired) electrons. The molecule has 84 valence electrons. The van der Waals surface area contributed by atoms with Crippen molar-refractivity contribution < 1.29 is 9.50 Å². The van der Waals surface area contributed by atoms with Gasteiger partial charge in [-0.3, -0.25) is 0 Å². The molecule has 5 heteroatoms. The Bertz CT molecular complexity index is 333. The summed E-state index contributed by atoms with van der Waals surface area (Å²) in [4.78, 5) is 0. The number of hydrogen-bond acceptors (Lipinski definition) is 3. The topological polar surface area (TPSA) is 58.3 Å². The van der Waals surface area contributed by atoms with Crippen molar-refractivity contribution in [3.8, 4) is 0 Å². The molecule has 0 atom stereocenters. The summed E-state index contributed by atoms with van der Waals surface area (Å²) in [7, 11) is 0. The van der Waals surface area contributed by atoms with E-state index in [4.69, 9.17) is 10.8 Å². The van der Waals surface area contributed by atoms with Crippen LogP contribution in [0.2, 0.25) is 0 Å². The number of anilines is 2. The summed E-state index contributed by atoms with van der Waals surface area (Å²) in [5.74, 6) is -0.367. The summed E-state index contributed by atoms with van der Waals surface area (Å²) in [6.07, 6.45) is 1.60. The first-order valence-corrected chi connectivity index (χ1v) is 5.53. The monoisotopic (exact) mass is 276 g/mol. The molecule has 0 bridgehead atoms. The zero-order valence-electron chi connectivity index (χ0n) is 8.26. The lowest BCUT2D eigenvalue weighted by Gasteiger charge is -2.09. The molecule has 0 aromatic heterocycles. The summed E-state index contributed by atoms with van der Waals surface area (Å²) >= 11 is 3.09. The van der Waals surface area contributed by atoms with E-state index < -0.39 is 0 Å². The predicted octanol–water partition coefficient (Wildman–Crippen LogP) is 2.35. The first-order chi connectivity index (χ1) is 7.15. The third kappa shape index (κ3) is 3.68. The lowest BCUT2D eigenvalue weighted by atomic mass is 10.2. The van der Waals surface area contributed by atoms with E-state index in [1.807, 2.05) is 0 Å². The van der Waals surface area contributed by atoms with Gasteiger partial charge in [-0.2, -0.15) is 0 Å². The second-order valence-corrected chi connectivity index (χ2v) is 4.07. The molecule has 0 heterocycles. The van der Waals surface area contributed by atoms with Crippen LogP contribution in [-0.4, -0.2) is 18.3 Å². The van der Waals surface area contributed by atoms with Gasteiger partial charge in [0.1, 0.15) is 5.82 Å². The molecule has 1 aromatic carbocycles. The van der Waals surface area contributed by atoms with Crippen molar-refractivity contribution in [2.45, 2.75) is 12.8 Å². The van der Waals surface area contributed by atoms with Gasteiger partial charge in [-0.1, -0.05) is 0 Å². The number of aliphatic hydroxyl groups excluding tert-OH is 1. The maximum Gasteiger partial charge on any atom is 0.139 e. The highest BCUT2D eigenvalue weighted by molar-refractivity contribution is 9.10. The summed E-state index contributed by atoms with van der Waals surface area (Å²) in [6.45, 7) is 0.896. The Balaban J connectivity index is 2.57. The van der Waals surface area contributed by atoms with Crippen molar-refractivity contribution in [3.05, 3.63) is 22.4 Å². The van der Waals surface area contributed by atoms with Gasteiger partial charge in [0, 0.05) is 19.2 Å².